The standard InChI is InChI=1S/C16H16FN5OS2/c1-9-8-24-15(18-9)19-14(23)10(2)25-16-21-20-13(22(16)3)11-5-4-6-12(17)7-11/h4-8,10H,1-3H3,(H,18,19,23). The number of hydrogen-bond acceptors (Lipinski definition) is 6. The maximum atomic E-state index is 13.4. The molecule has 0 saturated heterocycles. The molecule has 1 atom stereocenters. The molecule has 1 amide bonds. The zero-order valence-corrected chi connectivity index (χ0v) is 15.5. The summed E-state index contributed by atoms with van der Waals surface area (Å²) in [6.45, 7) is 3.66. The Morgan fingerprint density at radius 1 is 1.40 bits per heavy atom. The highest BCUT2D eigenvalue weighted by molar-refractivity contribution is 8.00. The van der Waals surface area contributed by atoms with E-state index in [2.05, 4.69) is 20.5 Å². The summed E-state index contributed by atoms with van der Waals surface area (Å²) in [5.74, 6) is 0.0565. The summed E-state index contributed by atoms with van der Waals surface area (Å²) >= 11 is 2.67. The number of aromatic nitrogens is 4. The van der Waals surface area contributed by atoms with Crippen LogP contribution < -0.4 is 5.32 Å². The van der Waals surface area contributed by atoms with E-state index in [-0.39, 0.29) is 17.0 Å². The van der Waals surface area contributed by atoms with E-state index in [1.807, 2.05) is 12.3 Å². The highest BCUT2D eigenvalue weighted by Gasteiger charge is 2.20. The van der Waals surface area contributed by atoms with Crippen LogP contribution in [0.2, 0.25) is 0 Å². The van der Waals surface area contributed by atoms with Gasteiger partial charge in [0.1, 0.15) is 5.82 Å². The molecule has 0 radical (unpaired) electrons. The van der Waals surface area contributed by atoms with Gasteiger partial charge in [-0.25, -0.2) is 9.37 Å². The van der Waals surface area contributed by atoms with E-state index in [1.165, 1.54) is 35.2 Å². The third-order valence-electron chi connectivity index (χ3n) is 3.42. The maximum absolute atomic E-state index is 13.4. The number of amides is 1. The number of hydrogen-bond donors (Lipinski definition) is 1. The Bertz CT molecular complexity index is 908. The molecule has 9 heteroatoms. The lowest BCUT2D eigenvalue weighted by Crippen LogP contribution is -2.22. The molecule has 0 fully saturated rings. The molecule has 25 heavy (non-hydrogen) atoms. The van der Waals surface area contributed by atoms with Gasteiger partial charge < -0.3 is 9.88 Å². The van der Waals surface area contributed by atoms with E-state index >= 15 is 0 Å². The average molecular weight is 377 g/mol. The second kappa shape index (κ2) is 7.32. The number of rotatable bonds is 5. The van der Waals surface area contributed by atoms with Gasteiger partial charge >= 0.3 is 0 Å². The molecule has 130 valence electrons. The first-order valence-corrected chi connectivity index (χ1v) is 9.25. The van der Waals surface area contributed by atoms with Gasteiger partial charge in [0.15, 0.2) is 16.1 Å². The quantitative estimate of drug-likeness (QED) is 0.689. The molecule has 0 bridgehead atoms. The number of halogens is 1. The Labute approximate surface area is 152 Å². The second-order valence-electron chi connectivity index (χ2n) is 5.42. The number of anilines is 1. The minimum atomic E-state index is -0.382. The van der Waals surface area contributed by atoms with Crippen LogP contribution in [0.15, 0.2) is 34.8 Å². The molecule has 1 N–H and O–H groups in total. The Balaban J connectivity index is 1.71. The molecular weight excluding hydrogens is 361 g/mol. The lowest BCUT2D eigenvalue weighted by atomic mass is 10.2. The highest BCUT2D eigenvalue weighted by Crippen LogP contribution is 2.27. The van der Waals surface area contributed by atoms with Gasteiger partial charge in [-0.3, -0.25) is 4.79 Å². The molecule has 6 nitrogen and oxygen atoms in total. The van der Waals surface area contributed by atoms with Gasteiger partial charge in [-0.15, -0.1) is 21.5 Å². The average Bonchev–Trinajstić information content (AvgIpc) is 3.14. The third-order valence-corrected chi connectivity index (χ3v) is 5.43. The van der Waals surface area contributed by atoms with Crippen molar-refractivity contribution in [3.63, 3.8) is 0 Å². The minimum Gasteiger partial charge on any atom is -0.305 e. The van der Waals surface area contributed by atoms with Gasteiger partial charge in [-0.1, -0.05) is 23.9 Å². The molecule has 0 spiro atoms. The number of thioether (sulfide) groups is 1. The molecule has 0 aliphatic rings. The van der Waals surface area contributed by atoms with Crippen LogP contribution >= 0.6 is 23.1 Å². The van der Waals surface area contributed by atoms with Crippen molar-refractivity contribution >= 4 is 34.1 Å². The summed E-state index contributed by atoms with van der Waals surface area (Å²) in [5.41, 5.74) is 1.51. The number of nitrogens with one attached hydrogen (secondary N) is 1. The van der Waals surface area contributed by atoms with Crippen molar-refractivity contribution in [3.8, 4) is 11.4 Å². The smallest absolute Gasteiger partial charge is 0.239 e. The molecular formula is C16H16FN5OS2. The molecule has 3 rings (SSSR count). The Hall–Kier alpha value is -2.26. The Kier molecular flexibility index (Phi) is 5.14. The van der Waals surface area contributed by atoms with Crippen molar-refractivity contribution in [2.24, 2.45) is 7.05 Å². The molecule has 0 aliphatic heterocycles. The van der Waals surface area contributed by atoms with E-state index in [0.29, 0.717) is 21.7 Å². The lowest BCUT2D eigenvalue weighted by molar-refractivity contribution is -0.115. The summed E-state index contributed by atoms with van der Waals surface area (Å²) in [6, 6.07) is 6.17. The number of carbonyl (C=O) groups excluding carboxylic acids is 1. The van der Waals surface area contributed by atoms with Crippen molar-refractivity contribution in [1.82, 2.24) is 19.7 Å². The summed E-state index contributed by atoms with van der Waals surface area (Å²) in [6.07, 6.45) is 0. The van der Waals surface area contributed by atoms with Crippen molar-refractivity contribution in [2.75, 3.05) is 5.32 Å². The monoisotopic (exact) mass is 377 g/mol. The summed E-state index contributed by atoms with van der Waals surface area (Å²) in [7, 11) is 1.79. The zero-order valence-electron chi connectivity index (χ0n) is 13.9. The van der Waals surface area contributed by atoms with Gasteiger partial charge in [0, 0.05) is 18.0 Å². The normalized spacial score (nSPS) is 12.2. The van der Waals surface area contributed by atoms with Gasteiger partial charge in [-0.05, 0) is 26.0 Å². The first kappa shape index (κ1) is 17.6. The summed E-state index contributed by atoms with van der Waals surface area (Å²) in [5, 5.41) is 13.7. The molecule has 1 aromatic carbocycles. The first-order chi connectivity index (χ1) is 11.9. The first-order valence-electron chi connectivity index (χ1n) is 7.49. The molecule has 0 saturated carbocycles. The highest BCUT2D eigenvalue weighted by atomic mass is 32.2. The molecule has 2 heterocycles. The fourth-order valence-corrected chi connectivity index (χ4v) is 3.63. The predicted molar refractivity (Wildman–Crippen MR) is 97.2 cm³/mol. The number of thiazole rings is 1. The van der Waals surface area contributed by atoms with E-state index in [4.69, 9.17) is 0 Å². The van der Waals surface area contributed by atoms with E-state index in [1.54, 1.807) is 30.7 Å². The Morgan fingerprint density at radius 3 is 2.88 bits per heavy atom. The van der Waals surface area contributed by atoms with Crippen LogP contribution in [0.1, 0.15) is 12.6 Å². The molecule has 0 aliphatic carbocycles. The lowest BCUT2D eigenvalue weighted by Gasteiger charge is -2.10. The molecule has 1 unspecified atom stereocenters. The van der Waals surface area contributed by atoms with Crippen LogP contribution in [0.5, 0.6) is 0 Å². The number of nitrogens with zero attached hydrogens (tertiary/aromatic N) is 4. The van der Waals surface area contributed by atoms with Crippen molar-refractivity contribution in [2.45, 2.75) is 24.3 Å². The van der Waals surface area contributed by atoms with Crippen LogP contribution in [-0.2, 0) is 11.8 Å². The molecule has 3 aromatic rings. The maximum Gasteiger partial charge on any atom is 0.239 e. The third kappa shape index (κ3) is 4.05. The second-order valence-corrected chi connectivity index (χ2v) is 7.58. The minimum absolute atomic E-state index is 0.158. The topological polar surface area (TPSA) is 72.7 Å². The number of carbonyl (C=O) groups is 1. The summed E-state index contributed by atoms with van der Waals surface area (Å²) < 4.78 is 15.1. The van der Waals surface area contributed by atoms with Crippen LogP contribution in [-0.4, -0.2) is 30.9 Å². The summed E-state index contributed by atoms with van der Waals surface area (Å²) in [4.78, 5) is 16.5. The van der Waals surface area contributed by atoms with Crippen LogP contribution in [0, 0.1) is 12.7 Å². The van der Waals surface area contributed by atoms with Gasteiger partial charge in [0.25, 0.3) is 0 Å². The van der Waals surface area contributed by atoms with E-state index < -0.39 is 0 Å². The number of benzene rings is 1. The van der Waals surface area contributed by atoms with Gasteiger partial charge in [-0.2, -0.15) is 0 Å². The Morgan fingerprint density at radius 2 is 2.20 bits per heavy atom. The zero-order chi connectivity index (χ0) is 18.0. The van der Waals surface area contributed by atoms with Crippen molar-refractivity contribution in [3.05, 3.63) is 41.2 Å². The number of aryl methyl sites for hydroxylation is 1. The fourth-order valence-electron chi connectivity index (χ4n) is 2.13. The van der Waals surface area contributed by atoms with Crippen molar-refractivity contribution < 1.29 is 9.18 Å². The van der Waals surface area contributed by atoms with E-state index in [9.17, 15) is 9.18 Å². The van der Waals surface area contributed by atoms with Crippen molar-refractivity contribution in [1.29, 1.82) is 0 Å². The van der Waals surface area contributed by atoms with Crippen LogP contribution in [0.4, 0.5) is 9.52 Å². The fraction of sp³-hybridized carbons (Fsp3) is 0.250. The van der Waals surface area contributed by atoms with Gasteiger partial charge in [0.05, 0.1) is 10.9 Å². The molecule has 2 aromatic heterocycles. The SMILES string of the molecule is Cc1csc(NC(=O)C(C)Sc2nnc(-c3cccc(F)c3)n2C)n1. The van der Waals surface area contributed by atoms with Gasteiger partial charge in [0.2, 0.25) is 5.91 Å². The van der Waals surface area contributed by atoms with Crippen LogP contribution in [0.25, 0.3) is 11.4 Å². The predicted octanol–water partition coefficient (Wildman–Crippen LogP) is 3.51. The largest absolute Gasteiger partial charge is 0.305 e. The van der Waals surface area contributed by atoms with Crippen LogP contribution in [0.3, 0.4) is 0 Å². The van der Waals surface area contributed by atoms with E-state index in [0.717, 1.165) is 5.69 Å².